The minimum absolute atomic E-state index is 0.484. The van der Waals surface area contributed by atoms with Crippen LogP contribution in [0, 0.1) is 0 Å². The number of aliphatic imine (C=N–C) groups is 1. The van der Waals surface area contributed by atoms with Crippen LogP contribution in [0.5, 0.6) is 5.75 Å². The summed E-state index contributed by atoms with van der Waals surface area (Å²) in [5.74, 6) is 0.851. The Morgan fingerprint density at radius 3 is 2.58 bits per heavy atom. The molecule has 102 valence electrons. The average molecular weight is 259 g/mol. The minimum atomic E-state index is 0.484. The third kappa shape index (κ3) is 4.73. The molecule has 0 amide bonds. The highest BCUT2D eigenvalue weighted by Gasteiger charge is 2.10. The molecule has 4 heteroatoms. The molecule has 1 aromatic rings. The van der Waals surface area contributed by atoms with Gasteiger partial charge in [0.05, 0.1) is 19.4 Å². The van der Waals surface area contributed by atoms with Crippen LogP contribution in [0.2, 0.25) is 0 Å². The molecule has 0 aromatic heterocycles. The second kappa shape index (κ2) is 7.56. The van der Waals surface area contributed by atoms with Gasteiger partial charge in [0.1, 0.15) is 12.1 Å². The van der Waals surface area contributed by atoms with Gasteiger partial charge < -0.3 is 4.74 Å². The monoisotopic (exact) mass is 259 g/mol. The maximum absolute atomic E-state index is 5.10. The molecule has 1 aromatic carbocycles. The van der Waals surface area contributed by atoms with Crippen LogP contribution < -0.4 is 10.2 Å². The second-order valence-electron chi connectivity index (χ2n) is 4.73. The molecule has 1 saturated carbocycles. The minimum Gasteiger partial charge on any atom is -0.497 e. The van der Waals surface area contributed by atoms with Crippen molar-refractivity contribution in [2.75, 3.05) is 7.11 Å². The van der Waals surface area contributed by atoms with E-state index in [0.29, 0.717) is 6.04 Å². The highest BCUT2D eigenvalue weighted by Crippen LogP contribution is 2.19. The van der Waals surface area contributed by atoms with E-state index in [1.165, 1.54) is 32.1 Å². The van der Waals surface area contributed by atoms with Crippen molar-refractivity contribution >= 4 is 12.6 Å². The standard InChI is InChI=1S/C15H21N3O/c1-19-15-9-7-13(8-10-15)11-17-18-12-16-14-5-3-2-4-6-14/h7-12,14H,2-6H2,1H3,(H,16,18)/b17-11+. The summed E-state index contributed by atoms with van der Waals surface area (Å²) in [6, 6.07) is 8.23. The van der Waals surface area contributed by atoms with Gasteiger partial charge >= 0.3 is 0 Å². The third-order valence-corrected chi connectivity index (χ3v) is 3.32. The number of methoxy groups -OCH3 is 1. The molecule has 0 atom stereocenters. The third-order valence-electron chi connectivity index (χ3n) is 3.32. The van der Waals surface area contributed by atoms with E-state index in [4.69, 9.17) is 4.74 Å². The fraction of sp³-hybridized carbons (Fsp3) is 0.467. The van der Waals surface area contributed by atoms with Crippen LogP contribution in [0.4, 0.5) is 0 Å². The van der Waals surface area contributed by atoms with Gasteiger partial charge in [-0.1, -0.05) is 19.3 Å². The number of hydrazone groups is 1. The van der Waals surface area contributed by atoms with Crippen LogP contribution in [-0.4, -0.2) is 25.7 Å². The van der Waals surface area contributed by atoms with Crippen molar-refractivity contribution < 1.29 is 4.74 Å². The van der Waals surface area contributed by atoms with Crippen molar-refractivity contribution in [1.82, 2.24) is 5.43 Å². The normalized spacial score (nSPS) is 17.1. The van der Waals surface area contributed by atoms with Crippen LogP contribution in [0.3, 0.4) is 0 Å². The van der Waals surface area contributed by atoms with E-state index in [1.807, 2.05) is 24.3 Å². The molecule has 1 aliphatic carbocycles. The van der Waals surface area contributed by atoms with E-state index in [1.54, 1.807) is 19.7 Å². The summed E-state index contributed by atoms with van der Waals surface area (Å²) in [5, 5.41) is 4.12. The molecule has 0 spiro atoms. The lowest BCUT2D eigenvalue weighted by Crippen LogP contribution is -2.12. The van der Waals surface area contributed by atoms with Crippen molar-refractivity contribution in [3.63, 3.8) is 0 Å². The molecule has 2 rings (SSSR count). The van der Waals surface area contributed by atoms with E-state index in [2.05, 4.69) is 15.5 Å². The van der Waals surface area contributed by atoms with Gasteiger partial charge in [-0.3, -0.25) is 10.4 Å². The molecule has 0 bridgehead atoms. The van der Waals surface area contributed by atoms with Crippen molar-refractivity contribution in [2.24, 2.45) is 10.1 Å². The summed E-state index contributed by atoms with van der Waals surface area (Å²) >= 11 is 0. The molecule has 4 nitrogen and oxygen atoms in total. The molecule has 0 aliphatic heterocycles. The van der Waals surface area contributed by atoms with E-state index < -0.39 is 0 Å². The Morgan fingerprint density at radius 2 is 1.89 bits per heavy atom. The first-order valence-electron chi connectivity index (χ1n) is 6.83. The molecule has 1 N–H and O–H groups in total. The first-order chi connectivity index (χ1) is 9.38. The largest absolute Gasteiger partial charge is 0.497 e. The molecule has 0 unspecified atom stereocenters. The van der Waals surface area contributed by atoms with E-state index in [-0.39, 0.29) is 0 Å². The summed E-state index contributed by atoms with van der Waals surface area (Å²) in [6.45, 7) is 0. The molecular weight excluding hydrogens is 238 g/mol. The van der Waals surface area contributed by atoms with Crippen LogP contribution in [0.1, 0.15) is 37.7 Å². The molecule has 19 heavy (non-hydrogen) atoms. The lowest BCUT2D eigenvalue weighted by molar-refractivity contribution is 0.415. The van der Waals surface area contributed by atoms with Gasteiger partial charge in [-0.2, -0.15) is 5.10 Å². The number of hydrogen-bond acceptors (Lipinski definition) is 3. The lowest BCUT2D eigenvalue weighted by atomic mass is 9.96. The Bertz CT molecular complexity index is 420. The number of hydrogen-bond donors (Lipinski definition) is 1. The molecule has 0 heterocycles. The quantitative estimate of drug-likeness (QED) is 0.502. The summed E-state index contributed by atoms with van der Waals surface area (Å²) in [4.78, 5) is 4.47. The highest BCUT2D eigenvalue weighted by molar-refractivity contribution is 5.80. The van der Waals surface area contributed by atoms with Crippen LogP contribution in [0.15, 0.2) is 34.4 Å². The van der Waals surface area contributed by atoms with Crippen molar-refractivity contribution in [1.29, 1.82) is 0 Å². The zero-order valence-electron chi connectivity index (χ0n) is 11.4. The number of ether oxygens (including phenoxy) is 1. The smallest absolute Gasteiger partial charge is 0.118 e. The Morgan fingerprint density at radius 1 is 1.16 bits per heavy atom. The Labute approximate surface area is 114 Å². The first kappa shape index (κ1) is 13.6. The van der Waals surface area contributed by atoms with Gasteiger partial charge in [0.25, 0.3) is 0 Å². The number of rotatable bonds is 5. The molecule has 1 aliphatic rings. The summed E-state index contributed by atoms with van der Waals surface area (Å²) < 4.78 is 5.10. The Balaban J connectivity index is 1.74. The Hall–Kier alpha value is -1.84. The zero-order valence-corrected chi connectivity index (χ0v) is 11.4. The predicted octanol–water partition coefficient (Wildman–Crippen LogP) is 2.98. The van der Waals surface area contributed by atoms with Gasteiger partial charge in [-0.15, -0.1) is 0 Å². The topological polar surface area (TPSA) is 46.0 Å². The van der Waals surface area contributed by atoms with Crippen LogP contribution in [0.25, 0.3) is 0 Å². The van der Waals surface area contributed by atoms with Crippen molar-refractivity contribution in [3.05, 3.63) is 29.8 Å². The number of nitrogens with one attached hydrogen (secondary N) is 1. The van der Waals surface area contributed by atoms with E-state index in [9.17, 15) is 0 Å². The molecular formula is C15H21N3O. The summed E-state index contributed by atoms with van der Waals surface area (Å²) in [6.07, 6.45) is 9.85. The predicted molar refractivity (Wildman–Crippen MR) is 79.1 cm³/mol. The van der Waals surface area contributed by atoms with Crippen LogP contribution in [-0.2, 0) is 0 Å². The van der Waals surface area contributed by atoms with E-state index in [0.717, 1.165) is 11.3 Å². The van der Waals surface area contributed by atoms with Gasteiger partial charge in [-0.05, 0) is 42.7 Å². The average Bonchev–Trinajstić information content (AvgIpc) is 2.49. The van der Waals surface area contributed by atoms with Crippen molar-refractivity contribution in [2.45, 2.75) is 38.1 Å². The molecule has 0 radical (unpaired) electrons. The SMILES string of the molecule is COc1ccc(/C=N/NC=NC2CCCCC2)cc1. The second-order valence-corrected chi connectivity index (χ2v) is 4.73. The summed E-state index contributed by atoms with van der Waals surface area (Å²) in [5.41, 5.74) is 3.88. The molecule has 0 saturated heterocycles. The van der Waals surface area contributed by atoms with Gasteiger partial charge in [0, 0.05) is 0 Å². The van der Waals surface area contributed by atoms with Crippen LogP contribution >= 0.6 is 0 Å². The molecule has 1 fully saturated rings. The zero-order chi connectivity index (χ0) is 13.3. The van der Waals surface area contributed by atoms with Gasteiger partial charge in [0.15, 0.2) is 0 Å². The van der Waals surface area contributed by atoms with Gasteiger partial charge in [0.2, 0.25) is 0 Å². The van der Waals surface area contributed by atoms with Gasteiger partial charge in [-0.25, -0.2) is 0 Å². The number of nitrogens with zero attached hydrogens (tertiary/aromatic N) is 2. The first-order valence-corrected chi connectivity index (χ1v) is 6.83. The summed E-state index contributed by atoms with van der Waals surface area (Å²) in [7, 11) is 1.66. The fourth-order valence-electron chi connectivity index (χ4n) is 2.20. The maximum Gasteiger partial charge on any atom is 0.118 e. The van der Waals surface area contributed by atoms with Crippen molar-refractivity contribution in [3.8, 4) is 5.75 Å². The number of benzene rings is 1. The fourth-order valence-corrected chi connectivity index (χ4v) is 2.20. The van der Waals surface area contributed by atoms with E-state index >= 15 is 0 Å². The highest BCUT2D eigenvalue weighted by atomic mass is 16.5. The Kier molecular flexibility index (Phi) is 5.41. The maximum atomic E-state index is 5.10. The lowest BCUT2D eigenvalue weighted by Gasteiger charge is -2.16.